The number of aryl methyl sites for hydroxylation is 1. The average molecular weight is 385 g/mol. The molecular weight excluding hydrogens is 366 g/mol. The van der Waals surface area contributed by atoms with Gasteiger partial charge in [-0.3, -0.25) is 14.7 Å². The van der Waals surface area contributed by atoms with Crippen LogP contribution >= 0.6 is 0 Å². The summed E-state index contributed by atoms with van der Waals surface area (Å²) in [4.78, 5) is 29.5. The van der Waals surface area contributed by atoms with Crippen molar-refractivity contribution in [2.75, 3.05) is 0 Å². The van der Waals surface area contributed by atoms with Gasteiger partial charge in [0, 0.05) is 34.6 Å². The molecule has 4 aromatic rings. The zero-order chi connectivity index (χ0) is 20.2. The summed E-state index contributed by atoms with van der Waals surface area (Å²) in [5.74, 6) is -0.386. The number of H-pyrrole nitrogens is 1. The van der Waals surface area contributed by atoms with Crippen molar-refractivity contribution in [1.82, 2.24) is 20.0 Å². The van der Waals surface area contributed by atoms with Crippen molar-refractivity contribution in [2.45, 2.75) is 13.3 Å². The topological polar surface area (TPSA) is 91.6 Å². The highest BCUT2D eigenvalue weighted by atomic mass is 16.2. The van der Waals surface area contributed by atoms with Crippen LogP contribution in [0, 0.1) is 6.92 Å². The van der Waals surface area contributed by atoms with Crippen molar-refractivity contribution >= 4 is 17.3 Å². The van der Waals surface area contributed by atoms with Gasteiger partial charge in [0.2, 0.25) is 5.91 Å². The van der Waals surface area contributed by atoms with Gasteiger partial charge in [0.25, 0.3) is 5.56 Å². The molecule has 1 amide bonds. The molecule has 2 aromatic heterocycles. The number of nitrogens with zero attached hydrogens (tertiary/aromatic N) is 3. The van der Waals surface area contributed by atoms with E-state index in [4.69, 9.17) is 0 Å². The fraction of sp³-hybridized carbons (Fsp3) is 0.0909. The molecule has 0 fully saturated rings. The third-order valence-electron chi connectivity index (χ3n) is 4.57. The Bertz CT molecular complexity index is 1200. The van der Waals surface area contributed by atoms with Crippen LogP contribution in [0.1, 0.15) is 22.4 Å². The normalized spacial score (nSPS) is 10.7. The molecule has 0 saturated heterocycles. The van der Waals surface area contributed by atoms with Crippen LogP contribution in [-0.4, -0.2) is 26.2 Å². The number of aromatic amines is 1. The molecule has 0 atom stereocenters. The van der Waals surface area contributed by atoms with Crippen molar-refractivity contribution in [2.24, 2.45) is 5.10 Å². The number of fused-ring (bicyclic) bond motifs is 1. The molecule has 7 nitrogen and oxygen atoms in total. The molecule has 144 valence electrons. The van der Waals surface area contributed by atoms with E-state index in [9.17, 15) is 9.59 Å². The van der Waals surface area contributed by atoms with Gasteiger partial charge in [-0.05, 0) is 6.92 Å². The minimum Gasteiger partial charge on any atom is -0.297 e. The number of carbonyl (C=O) groups is 1. The molecule has 7 heteroatoms. The van der Waals surface area contributed by atoms with E-state index in [2.05, 4.69) is 20.6 Å². The number of aromatic nitrogens is 3. The van der Waals surface area contributed by atoms with Gasteiger partial charge in [0.1, 0.15) is 0 Å². The van der Waals surface area contributed by atoms with E-state index in [1.165, 1.54) is 4.52 Å². The average Bonchev–Trinajstić information content (AvgIpc) is 3.21. The van der Waals surface area contributed by atoms with Crippen molar-refractivity contribution < 1.29 is 4.79 Å². The van der Waals surface area contributed by atoms with Gasteiger partial charge in [-0.2, -0.15) is 5.10 Å². The molecule has 0 aliphatic carbocycles. The summed E-state index contributed by atoms with van der Waals surface area (Å²) in [6, 6.07) is 20.9. The van der Waals surface area contributed by atoms with Crippen LogP contribution in [-0.2, 0) is 11.2 Å². The van der Waals surface area contributed by atoms with Crippen LogP contribution in [0.25, 0.3) is 5.65 Å². The predicted octanol–water partition coefficient (Wildman–Crippen LogP) is 2.44. The highest BCUT2D eigenvalue weighted by Gasteiger charge is 2.15. The number of hydrazone groups is 1. The van der Waals surface area contributed by atoms with E-state index in [-0.39, 0.29) is 17.9 Å². The molecular formula is C22H19N5O2. The third-order valence-corrected chi connectivity index (χ3v) is 4.57. The monoisotopic (exact) mass is 385 g/mol. The maximum absolute atomic E-state index is 12.6. The summed E-state index contributed by atoms with van der Waals surface area (Å²) in [5.41, 5.74) is 6.08. The van der Waals surface area contributed by atoms with Gasteiger partial charge in [-0.25, -0.2) is 14.9 Å². The molecule has 29 heavy (non-hydrogen) atoms. The highest BCUT2D eigenvalue weighted by molar-refractivity contribution is 6.13. The first-order valence-electron chi connectivity index (χ1n) is 9.16. The highest BCUT2D eigenvalue weighted by Crippen LogP contribution is 2.10. The van der Waals surface area contributed by atoms with Crippen molar-refractivity contribution in [1.29, 1.82) is 0 Å². The summed E-state index contributed by atoms with van der Waals surface area (Å²) >= 11 is 0. The fourth-order valence-electron chi connectivity index (χ4n) is 3.12. The summed E-state index contributed by atoms with van der Waals surface area (Å²) < 4.78 is 1.32. The minimum absolute atomic E-state index is 0.111. The summed E-state index contributed by atoms with van der Waals surface area (Å²) in [6.45, 7) is 1.72. The number of benzene rings is 2. The minimum atomic E-state index is -0.386. The Hall–Kier alpha value is -4.00. The largest absolute Gasteiger partial charge is 0.297 e. The lowest BCUT2D eigenvalue weighted by Crippen LogP contribution is -2.28. The molecule has 0 aliphatic rings. The van der Waals surface area contributed by atoms with Gasteiger partial charge in [0.15, 0.2) is 5.65 Å². The van der Waals surface area contributed by atoms with E-state index in [0.717, 1.165) is 11.1 Å². The summed E-state index contributed by atoms with van der Waals surface area (Å²) in [5, 5.41) is 7.16. The van der Waals surface area contributed by atoms with Crippen molar-refractivity contribution in [3.05, 3.63) is 106 Å². The number of amides is 1. The lowest BCUT2D eigenvalue weighted by atomic mass is 10.0. The standard InChI is InChI=1S/C22H19N5O2/c1-15-18(22(29)27-19(24-15)12-13-23-27)14-20(28)25-26-21(16-8-4-2-5-9-16)17-10-6-3-7-11-17/h2-13,23H,14H2,1H3,(H,25,28). The van der Waals surface area contributed by atoms with Gasteiger partial charge in [0.05, 0.1) is 12.1 Å². The third kappa shape index (κ3) is 3.84. The lowest BCUT2D eigenvalue weighted by molar-refractivity contribution is -0.120. The van der Waals surface area contributed by atoms with E-state index in [1.54, 1.807) is 19.2 Å². The van der Waals surface area contributed by atoms with Gasteiger partial charge < -0.3 is 0 Å². The summed E-state index contributed by atoms with van der Waals surface area (Å²) in [7, 11) is 0. The Morgan fingerprint density at radius 1 is 1.03 bits per heavy atom. The van der Waals surface area contributed by atoms with E-state index in [1.807, 2.05) is 60.7 Å². The Labute approximate surface area is 166 Å². The lowest BCUT2D eigenvalue weighted by Gasteiger charge is -2.08. The smallest absolute Gasteiger partial charge is 0.276 e. The van der Waals surface area contributed by atoms with Crippen LogP contribution in [0.4, 0.5) is 0 Å². The number of hydrogen-bond donors (Lipinski definition) is 2. The number of nitrogens with one attached hydrogen (secondary N) is 2. The maximum atomic E-state index is 12.6. The Kier molecular flexibility index (Phi) is 5.03. The van der Waals surface area contributed by atoms with Gasteiger partial charge in [-0.15, -0.1) is 0 Å². The van der Waals surface area contributed by atoms with E-state index >= 15 is 0 Å². The first-order valence-corrected chi connectivity index (χ1v) is 9.16. The SMILES string of the molecule is Cc1nc2cc[nH]n2c(=O)c1CC(=O)NN=C(c1ccccc1)c1ccccc1. The van der Waals surface area contributed by atoms with E-state index < -0.39 is 0 Å². The number of carbonyl (C=O) groups excluding carboxylic acids is 1. The molecule has 0 saturated carbocycles. The first kappa shape index (κ1) is 18.4. The van der Waals surface area contributed by atoms with E-state index in [0.29, 0.717) is 22.6 Å². The molecule has 0 bridgehead atoms. The second kappa shape index (κ2) is 7.93. The first-order chi connectivity index (χ1) is 14.1. The van der Waals surface area contributed by atoms with Crippen LogP contribution in [0.5, 0.6) is 0 Å². The molecule has 0 spiro atoms. The quantitative estimate of drug-likeness (QED) is 0.408. The molecule has 0 radical (unpaired) electrons. The van der Waals surface area contributed by atoms with Crippen LogP contribution in [0.15, 0.2) is 82.8 Å². The van der Waals surface area contributed by atoms with Crippen LogP contribution in [0.2, 0.25) is 0 Å². The van der Waals surface area contributed by atoms with Gasteiger partial charge in [-0.1, -0.05) is 60.7 Å². The summed E-state index contributed by atoms with van der Waals surface area (Å²) in [6.07, 6.45) is 1.52. The molecule has 4 rings (SSSR count). The van der Waals surface area contributed by atoms with Crippen LogP contribution in [0.3, 0.4) is 0 Å². The second-order valence-corrected chi connectivity index (χ2v) is 6.54. The molecule has 2 heterocycles. The Morgan fingerprint density at radius 3 is 2.28 bits per heavy atom. The Balaban J connectivity index is 1.61. The number of hydrogen-bond acceptors (Lipinski definition) is 4. The Morgan fingerprint density at radius 2 is 1.66 bits per heavy atom. The predicted molar refractivity (Wildman–Crippen MR) is 111 cm³/mol. The van der Waals surface area contributed by atoms with Gasteiger partial charge >= 0.3 is 0 Å². The molecule has 2 aromatic carbocycles. The zero-order valence-corrected chi connectivity index (χ0v) is 15.8. The maximum Gasteiger partial charge on any atom is 0.276 e. The second-order valence-electron chi connectivity index (χ2n) is 6.54. The number of rotatable bonds is 5. The zero-order valence-electron chi connectivity index (χ0n) is 15.8. The van der Waals surface area contributed by atoms with Crippen molar-refractivity contribution in [3.63, 3.8) is 0 Å². The van der Waals surface area contributed by atoms with Crippen LogP contribution < -0.4 is 11.0 Å². The molecule has 2 N–H and O–H groups in total. The molecule has 0 aliphatic heterocycles. The molecule has 0 unspecified atom stereocenters. The van der Waals surface area contributed by atoms with Crippen molar-refractivity contribution in [3.8, 4) is 0 Å². The fourth-order valence-corrected chi connectivity index (χ4v) is 3.12.